The summed E-state index contributed by atoms with van der Waals surface area (Å²) in [6.07, 6.45) is 8.49. The van der Waals surface area contributed by atoms with Crippen LogP contribution >= 0.6 is 0 Å². The molecule has 9 rings (SSSR count). The summed E-state index contributed by atoms with van der Waals surface area (Å²) in [7, 11) is 1.86. The zero-order chi connectivity index (χ0) is 25.2. The van der Waals surface area contributed by atoms with Crippen LogP contribution in [0.3, 0.4) is 0 Å². The zero-order valence-corrected chi connectivity index (χ0v) is 22.1. The van der Waals surface area contributed by atoms with Gasteiger partial charge in [-0.25, -0.2) is 0 Å². The number of phenols is 1. The molecule has 0 amide bonds. The van der Waals surface area contributed by atoms with Crippen molar-refractivity contribution in [1.82, 2.24) is 4.90 Å². The van der Waals surface area contributed by atoms with Gasteiger partial charge in [-0.3, -0.25) is 4.90 Å². The van der Waals surface area contributed by atoms with Crippen LogP contribution in [-0.4, -0.2) is 53.1 Å². The molecule has 5 heteroatoms. The van der Waals surface area contributed by atoms with Gasteiger partial charge in [-0.2, -0.15) is 0 Å². The highest BCUT2D eigenvalue weighted by Gasteiger charge is 2.80. The van der Waals surface area contributed by atoms with Crippen LogP contribution < -0.4 is 4.74 Å². The number of ether oxygens (including phenoxy) is 2. The van der Waals surface area contributed by atoms with Crippen molar-refractivity contribution in [2.45, 2.75) is 87.1 Å². The normalized spacial score (nSPS) is 40.7. The maximum absolute atomic E-state index is 11.8. The number of nitrogens with zero attached hydrogens (tertiary/aromatic N) is 1. The molecule has 2 aliphatic heterocycles. The van der Waals surface area contributed by atoms with E-state index in [4.69, 9.17) is 9.47 Å². The SMILES string of the molecule is CO[C@@]12CC[C@]3(C[C@H]1CC(C)(O)c1ccccc1)[C@@H]1Cc4ccc(O)c5c4[C@]3(CCN1CC1CC1)[C@@H]2O5. The molecule has 196 valence electrons. The molecule has 4 saturated carbocycles. The first-order valence-corrected chi connectivity index (χ1v) is 14.4. The van der Waals surface area contributed by atoms with Gasteiger partial charge in [0.15, 0.2) is 11.5 Å². The minimum absolute atomic E-state index is 0.0779. The Morgan fingerprint density at radius 1 is 1.11 bits per heavy atom. The van der Waals surface area contributed by atoms with Gasteiger partial charge in [-0.05, 0) is 93.9 Å². The van der Waals surface area contributed by atoms with Crippen molar-refractivity contribution in [2.75, 3.05) is 20.2 Å². The minimum Gasteiger partial charge on any atom is -0.504 e. The second kappa shape index (κ2) is 7.31. The lowest BCUT2D eigenvalue weighted by molar-refractivity contribution is -0.283. The number of phenolic OH excluding ortho intramolecular Hbond substituents is 1. The molecule has 7 atom stereocenters. The zero-order valence-electron chi connectivity index (χ0n) is 22.1. The summed E-state index contributed by atoms with van der Waals surface area (Å²) in [6.45, 7) is 4.29. The maximum atomic E-state index is 11.8. The number of rotatable bonds is 6. The number of fused-ring (bicyclic) bond motifs is 2. The lowest BCUT2D eigenvalue weighted by Gasteiger charge is -2.74. The quantitative estimate of drug-likeness (QED) is 0.589. The maximum Gasteiger partial charge on any atom is 0.165 e. The van der Waals surface area contributed by atoms with E-state index in [1.54, 1.807) is 0 Å². The largest absolute Gasteiger partial charge is 0.504 e. The molecule has 37 heavy (non-hydrogen) atoms. The molecule has 5 aliphatic carbocycles. The van der Waals surface area contributed by atoms with Crippen molar-refractivity contribution in [2.24, 2.45) is 17.3 Å². The average molecular weight is 502 g/mol. The third-order valence-corrected chi connectivity index (χ3v) is 11.8. The Morgan fingerprint density at radius 3 is 2.68 bits per heavy atom. The van der Waals surface area contributed by atoms with E-state index in [-0.39, 0.29) is 28.6 Å². The molecule has 2 N–H and O–H groups in total. The van der Waals surface area contributed by atoms with Gasteiger partial charge in [0, 0.05) is 36.1 Å². The van der Waals surface area contributed by atoms with E-state index in [1.807, 2.05) is 50.4 Å². The van der Waals surface area contributed by atoms with Gasteiger partial charge in [0.05, 0.1) is 5.60 Å². The van der Waals surface area contributed by atoms with Gasteiger partial charge in [0.1, 0.15) is 11.7 Å². The number of aliphatic hydroxyl groups is 1. The fourth-order valence-corrected chi connectivity index (χ4v) is 10.2. The van der Waals surface area contributed by atoms with Crippen molar-refractivity contribution < 1.29 is 19.7 Å². The van der Waals surface area contributed by atoms with Crippen molar-refractivity contribution in [1.29, 1.82) is 0 Å². The van der Waals surface area contributed by atoms with E-state index in [2.05, 4.69) is 11.0 Å². The molecule has 2 aromatic rings. The van der Waals surface area contributed by atoms with Crippen LogP contribution in [0, 0.1) is 17.3 Å². The second-order valence-electron chi connectivity index (χ2n) is 13.4. The first-order chi connectivity index (χ1) is 17.8. The fraction of sp³-hybridized carbons (Fsp3) is 0.625. The lowest BCUT2D eigenvalue weighted by Crippen LogP contribution is -2.81. The van der Waals surface area contributed by atoms with Crippen molar-refractivity contribution >= 4 is 0 Å². The van der Waals surface area contributed by atoms with Crippen LogP contribution in [0.15, 0.2) is 42.5 Å². The first kappa shape index (κ1) is 22.9. The highest BCUT2D eigenvalue weighted by atomic mass is 16.6. The number of piperidine rings is 1. The number of hydrogen-bond acceptors (Lipinski definition) is 5. The number of hydrogen-bond donors (Lipinski definition) is 2. The topological polar surface area (TPSA) is 62.2 Å². The van der Waals surface area contributed by atoms with E-state index in [1.165, 1.54) is 30.5 Å². The van der Waals surface area contributed by atoms with E-state index < -0.39 is 11.2 Å². The highest BCUT2D eigenvalue weighted by molar-refractivity contribution is 5.63. The van der Waals surface area contributed by atoms with Gasteiger partial charge in [0.2, 0.25) is 0 Å². The Bertz CT molecular complexity index is 1260. The van der Waals surface area contributed by atoms with Crippen molar-refractivity contribution in [3.63, 3.8) is 0 Å². The number of likely N-dealkylation sites (tertiary alicyclic amines) is 1. The summed E-state index contributed by atoms with van der Waals surface area (Å²) < 4.78 is 13.5. The van der Waals surface area contributed by atoms with E-state index >= 15 is 0 Å². The van der Waals surface area contributed by atoms with Gasteiger partial charge in [0.25, 0.3) is 0 Å². The molecule has 2 spiro atoms. The van der Waals surface area contributed by atoms with E-state index in [9.17, 15) is 10.2 Å². The molecule has 5 fully saturated rings. The molecule has 7 aliphatic rings. The molecule has 2 aromatic carbocycles. The Hall–Kier alpha value is -2.08. The summed E-state index contributed by atoms with van der Waals surface area (Å²) in [6, 6.07) is 14.6. The summed E-state index contributed by atoms with van der Waals surface area (Å²) in [5.41, 5.74) is 2.16. The number of benzene rings is 2. The van der Waals surface area contributed by atoms with Crippen molar-refractivity contribution in [3.8, 4) is 11.5 Å². The van der Waals surface area contributed by atoms with Crippen LogP contribution in [0.25, 0.3) is 0 Å². The Morgan fingerprint density at radius 2 is 1.92 bits per heavy atom. The van der Waals surface area contributed by atoms with Gasteiger partial charge in [-0.1, -0.05) is 36.4 Å². The van der Waals surface area contributed by atoms with E-state index in [0.29, 0.717) is 12.5 Å². The monoisotopic (exact) mass is 501 g/mol. The predicted molar refractivity (Wildman–Crippen MR) is 141 cm³/mol. The van der Waals surface area contributed by atoms with Crippen LogP contribution in [0.5, 0.6) is 11.5 Å². The molecule has 0 aromatic heterocycles. The molecule has 5 nitrogen and oxygen atoms in total. The Balaban J connectivity index is 1.29. The standard InChI is InChI=1S/C32H39NO4/c1-29(35,22-6-4-3-5-7-22)17-23-18-30-12-13-32(23,36-2)28-31(30)14-15-33(19-20-8-9-20)25(30)16-21-10-11-24(34)27(37-28)26(21)31/h3-7,10-11,20,23,25,28,34-35H,8-9,12-19H2,1-2H3/t23-,25+,28+,29?,30+,31-,32+/m1/s1. The van der Waals surface area contributed by atoms with Gasteiger partial charge < -0.3 is 19.7 Å². The predicted octanol–water partition coefficient (Wildman–Crippen LogP) is 4.91. The number of methoxy groups -OCH3 is 1. The second-order valence-corrected chi connectivity index (χ2v) is 13.4. The van der Waals surface area contributed by atoms with Gasteiger partial charge >= 0.3 is 0 Å². The third kappa shape index (κ3) is 2.71. The number of aromatic hydroxyl groups is 1. The molecule has 1 saturated heterocycles. The molecule has 0 radical (unpaired) electrons. The highest BCUT2D eigenvalue weighted by Crippen LogP contribution is 2.77. The van der Waals surface area contributed by atoms with Crippen LogP contribution in [0.1, 0.15) is 68.6 Å². The minimum atomic E-state index is -0.949. The average Bonchev–Trinajstić information content (AvgIpc) is 3.64. The lowest BCUT2D eigenvalue weighted by atomic mass is 9.34. The first-order valence-electron chi connectivity index (χ1n) is 14.4. The van der Waals surface area contributed by atoms with Gasteiger partial charge in [-0.15, -0.1) is 0 Å². The summed E-state index contributed by atoms with van der Waals surface area (Å²) in [4.78, 5) is 2.84. The van der Waals surface area contributed by atoms with Crippen molar-refractivity contribution in [3.05, 3.63) is 59.2 Å². The van der Waals surface area contributed by atoms with Crippen LogP contribution in [-0.2, 0) is 22.2 Å². The molecule has 4 bridgehead atoms. The van der Waals surface area contributed by atoms with Crippen LogP contribution in [0.2, 0.25) is 0 Å². The Kier molecular flexibility index (Phi) is 4.52. The van der Waals surface area contributed by atoms with Crippen LogP contribution in [0.4, 0.5) is 0 Å². The third-order valence-electron chi connectivity index (χ3n) is 11.8. The summed E-state index contributed by atoms with van der Waals surface area (Å²) in [5, 5.41) is 22.9. The summed E-state index contributed by atoms with van der Waals surface area (Å²) >= 11 is 0. The smallest absolute Gasteiger partial charge is 0.165 e. The molecule has 1 unspecified atom stereocenters. The Labute approximate surface area is 219 Å². The molecule has 2 heterocycles. The van der Waals surface area contributed by atoms with E-state index in [0.717, 1.165) is 55.9 Å². The molecular weight excluding hydrogens is 462 g/mol. The summed E-state index contributed by atoms with van der Waals surface area (Å²) in [5.74, 6) is 2.02. The molecular formula is C32H39NO4. The fourth-order valence-electron chi connectivity index (χ4n) is 10.2.